The van der Waals surface area contributed by atoms with Crippen molar-refractivity contribution < 1.29 is 9.59 Å². The maximum Gasteiger partial charge on any atom is 0.329 e. The highest BCUT2D eigenvalue weighted by molar-refractivity contribution is 6.39. The van der Waals surface area contributed by atoms with Crippen LogP contribution in [0.2, 0.25) is 5.02 Å². The monoisotopic (exact) mass is 316 g/mol. The van der Waals surface area contributed by atoms with E-state index in [1.54, 1.807) is 42.7 Å². The van der Waals surface area contributed by atoms with Gasteiger partial charge < -0.3 is 5.32 Å². The van der Waals surface area contributed by atoms with Crippen LogP contribution in [0.4, 0.5) is 5.69 Å². The zero-order valence-electron chi connectivity index (χ0n) is 11.7. The molecule has 2 rings (SSSR count). The number of hydrazone groups is 1. The molecule has 0 aliphatic carbocycles. The van der Waals surface area contributed by atoms with Gasteiger partial charge in [-0.25, -0.2) is 5.43 Å². The fraction of sp³-hybridized carbons (Fsp3) is 0.0667. The molecule has 2 amide bonds. The zero-order chi connectivity index (χ0) is 15.9. The van der Waals surface area contributed by atoms with Gasteiger partial charge in [-0.3, -0.25) is 14.6 Å². The van der Waals surface area contributed by atoms with E-state index in [0.29, 0.717) is 16.3 Å². The first-order chi connectivity index (χ1) is 10.6. The molecule has 1 aromatic heterocycles. The van der Waals surface area contributed by atoms with E-state index in [1.165, 1.54) is 6.21 Å². The molecule has 0 unspecified atom stereocenters. The fourth-order valence-corrected chi connectivity index (χ4v) is 1.71. The first-order valence-electron chi connectivity index (χ1n) is 6.37. The SMILES string of the molecule is Cc1ccc(NC(=O)C(=O)NN=Cc2cccnc2)cc1Cl. The normalized spacial score (nSPS) is 10.5. The van der Waals surface area contributed by atoms with Crippen molar-refractivity contribution in [3.05, 3.63) is 58.9 Å². The van der Waals surface area contributed by atoms with Gasteiger partial charge in [-0.15, -0.1) is 0 Å². The molecule has 2 N–H and O–H groups in total. The van der Waals surface area contributed by atoms with Crippen LogP contribution in [0.25, 0.3) is 0 Å². The topological polar surface area (TPSA) is 83.5 Å². The number of anilines is 1. The maximum absolute atomic E-state index is 11.7. The number of halogens is 1. The number of aryl methyl sites for hydroxylation is 1. The Morgan fingerprint density at radius 1 is 1.27 bits per heavy atom. The van der Waals surface area contributed by atoms with Crippen molar-refractivity contribution in [1.29, 1.82) is 0 Å². The largest absolute Gasteiger partial charge is 0.329 e. The van der Waals surface area contributed by atoms with Gasteiger partial charge in [-0.1, -0.05) is 23.7 Å². The fourth-order valence-electron chi connectivity index (χ4n) is 1.53. The number of pyridine rings is 1. The molecule has 1 aromatic carbocycles. The van der Waals surface area contributed by atoms with Crippen LogP contribution >= 0.6 is 11.6 Å². The highest BCUT2D eigenvalue weighted by Crippen LogP contribution is 2.19. The lowest BCUT2D eigenvalue weighted by Crippen LogP contribution is -2.32. The van der Waals surface area contributed by atoms with E-state index in [0.717, 1.165) is 5.56 Å². The number of carbonyl (C=O) groups excluding carboxylic acids is 2. The van der Waals surface area contributed by atoms with Gasteiger partial charge in [0.05, 0.1) is 6.21 Å². The Morgan fingerprint density at radius 3 is 2.77 bits per heavy atom. The Hall–Kier alpha value is -2.73. The minimum absolute atomic E-state index is 0.437. The van der Waals surface area contributed by atoms with E-state index in [1.807, 2.05) is 6.92 Å². The number of aromatic nitrogens is 1. The number of amides is 2. The summed E-state index contributed by atoms with van der Waals surface area (Å²) < 4.78 is 0. The molecule has 6 nitrogen and oxygen atoms in total. The average molecular weight is 317 g/mol. The van der Waals surface area contributed by atoms with E-state index in [-0.39, 0.29) is 0 Å². The Morgan fingerprint density at radius 2 is 2.09 bits per heavy atom. The van der Waals surface area contributed by atoms with Gasteiger partial charge in [0.15, 0.2) is 0 Å². The molecule has 0 saturated carbocycles. The summed E-state index contributed by atoms with van der Waals surface area (Å²) >= 11 is 5.95. The second kappa shape index (κ2) is 7.33. The van der Waals surface area contributed by atoms with E-state index in [4.69, 9.17) is 11.6 Å². The first kappa shape index (κ1) is 15.7. The third-order valence-corrected chi connectivity index (χ3v) is 3.11. The summed E-state index contributed by atoms with van der Waals surface area (Å²) in [7, 11) is 0. The first-order valence-corrected chi connectivity index (χ1v) is 6.74. The van der Waals surface area contributed by atoms with Gasteiger partial charge in [0.1, 0.15) is 0 Å². The summed E-state index contributed by atoms with van der Waals surface area (Å²) in [5.74, 6) is -1.71. The second-order valence-corrected chi connectivity index (χ2v) is 4.81. The van der Waals surface area contributed by atoms with Gasteiger partial charge in [0, 0.05) is 28.7 Å². The number of benzene rings is 1. The van der Waals surface area contributed by atoms with Gasteiger partial charge in [-0.2, -0.15) is 5.10 Å². The van der Waals surface area contributed by atoms with Crippen LogP contribution in [-0.4, -0.2) is 23.0 Å². The van der Waals surface area contributed by atoms with Crippen LogP contribution in [0.3, 0.4) is 0 Å². The molecule has 7 heteroatoms. The van der Waals surface area contributed by atoms with Gasteiger partial charge in [-0.05, 0) is 30.7 Å². The molecule has 0 fully saturated rings. The van der Waals surface area contributed by atoms with Crippen LogP contribution in [0.15, 0.2) is 47.8 Å². The van der Waals surface area contributed by atoms with E-state index >= 15 is 0 Å². The number of hydrogen-bond acceptors (Lipinski definition) is 4. The molecule has 0 atom stereocenters. The number of rotatable bonds is 3. The van der Waals surface area contributed by atoms with Crippen molar-refractivity contribution in [3.63, 3.8) is 0 Å². The molecule has 0 aliphatic heterocycles. The molecule has 1 heterocycles. The highest BCUT2D eigenvalue weighted by Gasteiger charge is 2.13. The third-order valence-electron chi connectivity index (χ3n) is 2.70. The molecule has 0 saturated heterocycles. The van der Waals surface area contributed by atoms with Crippen molar-refractivity contribution >= 4 is 35.3 Å². The summed E-state index contributed by atoms with van der Waals surface area (Å²) in [6.45, 7) is 1.84. The quantitative estimate of drug-likeness (QED) is 0.517. The summed E-state index contributed by atoms with van der Waals surface area (Å²) in [6, 6.07) is 8.47. The van der Waals surface area contributed by atoms with Crippen LogP contribution < -0.4 is 10.7 Å². The van der Waals surface area contributed by atoms with Crippen LogP contribution in [-0.2, 0) is 9.59 Å². The summed E-state index contributed by atoms with van der Waals surface area (Å²) in [4.78, 5) is 27.2. The molecule has 0 radical (unpaired) electrons. The van der Waals surface area contributed by atoms with Gasteiger partial charge in [0.2, 0.25) is 0 Å². The lowest BCUT2D eigenvalue weighted by molar-refractivity contribution is -0.136. The van der Waals surface area contributed by atoms with Crippen LogP contribution in [0.1, 0.15) is 11.1 Å². The molecule has 2 aromatic rings. The maximum atomic E-state index is 11.7. The summed E-state index contributed by atoms with van der Waals surface area (Å²) in [5.41, 5.74) is 4.15. The average Bonchev–Trinajstić information content (AvgIpc) is 2.52. The molecular formula is C15H13ClN4O2. The Balaban J connectivity index is 1.90. The van der Waals surface area contributed by atoms with E-state index in [2.05, 4.69) is 20.8 Å². The molecule has 0 bridgehead atoms. The molecule has 112 valence electrons. The predicted molar refractivity (Wildman–Crippen MR) is 84.8 cm³/mol. The van der Waals surface area contributed by atoms with Crippen molar-refractivity contribution in [3.8, 4) is 0 Å². The predicted octanol–water partition coefficient (Wildman–Crippen LogP) is 2.13. The van der Waals surface area contributed by atoms with Crippen molar-refractivity contribution in [1.82, 2.24) is 10.4 Å². The van der Waals surface area contributed by atoms with Gasteiger partial charge in [0.25, 0.3) is 0 Å². The number of nitrogens with one attached hydrogen (secondary N) is 2. The molecule has 0 aliphatic rings. The van der Waals surface area contributed by atoms with Crippen LogP contribution in [0, 0.1) is 6.92 Å². The van der Waals surface area contributed by atoms with E-state index in [9.17, 15) is 9.59 Å². The van der Waals surface area contributed by atoms with Gasteiger partial charge >= 0.3 is 11.8 Å². The smallest absolute Gasteiger partial charge is 0.318 e. The Bertz CT molecular complexity index is 717. The van der Waals surface area contributed by atoms with Crippen LogP contribution in [0.5, 0.6) is 0 Å². The number of nitrogens with zero attached hydrogens (tertiary/aromatic N) is 2. The number of hydrogen-bond donors (Lipinski definition) is 2. The Kier molecular flexibility index (Phi) is 5.21. The van der Waals surface area contributed by atoms with Crippen molar-refractivity contribution in [2.24, 2.45) is 5.10 Å². The third kappa shape index (κ3) is 4.39. The minimum atomic E-state index is -0.878. The summed E-state index contributed by atoms with van der Waals surface area (Å²) in [5, 5.41) is 6.63. The highest BCUT2D eigenvalue weighted by atomic mass is 35.5. The molecule has 0 spiro atoms. The lowest BCUT2D eigenvalue weighted by atomic mass is 10.2. The number of carbonyl (C=O) groups is 2. The molecule has 22 heavy (non-hydrogen) atoms. The zero-order valence-corrected chi connectivity index (χ0v) is 12.5. The minimum Gasteiger partial charge on any atom is -0.318 e. The standard InChI is InChI=1S/C15H13ClN4O2/c1-10-4-5-12(7-13(10)16)19-14(21)15(22)20-18-9-11-3-2-6-17-8-11/h2-9H,1H3,(H,19,21)(H,20,22). The second-order valence-electron chi connectivity index (χ2n) is 4.40. The Labute approximate surface area is 132 Å². The lowest BCUT2D eigenvalue weighted by Gasteiger charge is -2.05. The van der Waals surface area contributed by atoms with E-state index < -0.39 is 11.8 Å². The summed E-state index contributed by atoms with van der Waals surface area (Å²) in [6.07, 6.45) is 4.58. The molecular weight excluding hydrogens is 304 g/mol. The van der Waals surface area contributed by atoms with Crippen molar-refractivity contribution in [2.75, 3.05) is 5.32 Å². The van der Waals surface area contributed by atoms with Crippen molar-refractivity contribution in [2.45, 2.75) is 6.92 Å².